The summed E-state index contributed by atoms with van der Waals surface area (Å²) in [6, 6.07) is 18.3. The van der Waals surface area contributed by atoms with Gasteiger partial charge in [0.2, 0.25) is 0 Å². The van der Waals surface area contributed by atoms with Gasteiger partial charge < -0.3 is 5.11 Å². The van der Waals surface area contributed by atoms with E-state index in [-0.39, 0.29) is 5.92 Å². The molecule has 1 unspecified atom stereocenters. The molecule has 1 atom stereocenters. The van der Waals surface area contributed by atoms with Gasteiger partial charge in [-0.3, -0.25) is 14.9 Å². The molecule has 2 aromatic heterocycles. The minimum Gasteiger partial charge on any atom is -0.376 e. The maximum atomic E-state index is 11.2. The summed E-state index contributed by atoms with van der Waals surface area (Å²) < 4.78 is 0. The Bertz CT molecular complexity index is 1080. The third-order valence-corrected chi connectivity index (χ3v) is 6.30. The van der Waals surface area contributed by atoms with E-state index >= 15 is 0 Å². The molecule has 3 aliphatic rings. The fraction of sp³-hybridized carbons (Fsp3) is 0.308. The van der Waals surface area contributed by atoms with Crippen LogP contribution in [0.3, 0.4) is 0 Å². The minimum absolute atomic E-state index is 0.272. The van der Waals surface area contributed by atoms with Crippen molar-refractivity contribution in [1.82, 2.24) is 14.9 Å². The van der Waals surface area contributed by atoms with Gasteiger partial charge in [0.1, 0.15) is 5.60 Å². The van der Waals surface area contributed by atoms with Crippen LogP contribution in [0.5, 0.6) is 0 Å². The van der Waals surface area contributed by atoms with E-state index in [1.165, 1.54) is 5.56 Å². The summed E-state index contributed by atoms with van der Waals surface area (Å²) in [7, 11) is 0. The van der Waals surface area contributed by atoms with Gasteiger partial charge in [-0.1, -0.05) is 48.2 Å². The third-order valence-electron chi connectivity index (χ3n) is 6.30. The van der Waals surface area contributed by atoms with Crippen molar-refractivity contribution in [3.05, 3.63) is 83.7 Å². The summed E-state index contributed by atoms with van der Waals surface area (Å²) >= 11 is 0. The second-order valence-corrected chi connectivity index (χ2v) is 8.33. The molecular formula is C26H25N3O. The zero-order chi connectivity index (χ0) is 20.4. The topological polar surface area (TPSA) is 49.3 Å². The van der Waals surface area contributed by atoms with Crippen LogP contribution in [-0.4, -0.2) is 45.2 Å². The molecule has 0 saturated carbocycles. The van der Waals surface area contributed by atoms with Crippen molar-refractivity contribution in [2.45, 2.75) is 24.9 Å². The maximum Gasteiger partial charge on any atom is 0.141 e. The van der Waals surface area contributed by atoms with E-state index in [4.69, 9.17) is 0 Å². The second kappa shape index (κ2) is 8.02. The zero-order valence-electron chi connectivity index (χ0n) is 17.0. The van der Waals surface area contributed by atoms with E-state index in [1.807, 2.05) is 30.5 Å². The molecule has 6 rings (SSSR count). The lowest BCUT2D eigenvalue weighted by Gasteiger charge is -2.47. The van der Waals surface area contributed by atoms with Gasteiger partial charge in [0.15, 0.2) is 0 Å². The van der Waals surface area contributed by atoms with Crippen LogP contribution in [0.4, 0.5) is 0 Å². The SMILES string of the molecule is OC1(C#Cc2cnc(-c3ccccn3)cc2Cc2ccccc2)CN2CCC1CC2. The minimum atomic E-state index is -0.916. The van der Waals surface area contributed by atoms with Gasteiger partial charge in [0, 0.05) is 30.4 Å². The van der Waals surface area contributed by atoms with E-state index in [0.29, 0.717) is 6.54 Å². The van der Waals surface area contributed by atoms with Crippen molar-refractivity contribution in [1.29, 1.82) is 0 Å². The molecule has 1 aromatic carbocycles. The first-order valence-electron chi connectivity index (χ1n) is 10.6. The number of nitrogens with zero attached hydrogens (tertiary/aromatic N) is 3. The first kappa shape index (κ1) is 19.0. The molecule has 0 radical (unpaired) electrons. The Hall–Kier alpha value is -3.00. The fourth-order valence-electron chi connectivity index (χ4n) is 4.58. The van der Waals surface area contributed by atoms with E-state index in [0.717, 1.165) is 54.9 Å². The summed E-state index contributed by atoms with van der Waals surface area (Å²) in [5, 5.41) is 11.2. The number of pyridine rings is 2. The highest BCUT2D eigenvalue weighted by Crippen LogP contribution is 2.35. The average Bonchev–Trinajstić information content (AvgIpc) is 2.80. The summed E-state index contributed by atoms with van der Waals surface area (Å²) in [5.41, 5.74) is 3.98. The molecule has 0 aliphatic carbocycles. The maximum absolute atomic E-state index is 11.2. The smallest absolute Gasteiger partial charge is 0.141 e. The molecule has 1 N–H and O–H groups in total. The molecular weight excluding hydrogens is 370 g/mol. The Morgan fingerprint density at radius 1 is 1.00 bits per heavy atom. The van der Waals surface area contributed by atoms with Crippen molar-refractivity contribution < 1.29 is 5.11 Å². The molecule has 3 aromatic rings. The van der Waals surface area contributed by atoms with Crippen LogP contribution in [0, 0.1) is 17.8 Å². The van der Waals surface area contributed by atoms with Crippen molar-refractivity contribution in [2.24, 2.45) is 5.92 Å². The van der Waals surface area contributed by atoms with Crippen LogP contribution in [0.2, 0.25) is 0 Å². The largest absolute Gasteiger partial charge is 0.376 e. The number of hydrogen-bond acceptors (Lipinski definition) is 4. The lowest BCUT2D eigenvalue weighted by atomic mass is 9.75. The highest BCUT2D eigenvalue weighted by atomic mass is 16.3. The third kappa shape index (κ3) is 3.87. The van der Waals surface area contributed by atoms with Crippen LogP contribution in [0.1, 0.15) is 29.5 Å². The Labute approximate surface area is 177 Å². The molecule has 5 heterocycles. The number of fused-ring (bicyclic) bond motifs is 3. The highest BCUT2D eigenvalue weighted by molar-refractivity contribution is 5.58. The van der Waals surface area contributed by atoms with E-state index < -0.39 is 5.60 Å². The monoisotopic (exact) mass is 395 g/mol. The number of aliphatic hydroxyl groups is 1. The van der Waals surface area contributed by atoms with Crippen LogP contribution >= 0.6 is 0 Å². The van der Waals surface area contributed by atoms with Crippen molar-refractivity contribution in [2.75, 3.05) is 19.6 Å². The second-order valence-electron chi connectivity index (χ2n) is 8.33. The van der Waals surface area contributed by atoms with Gasteiger partial charge in [-0.05, 0) is 61.7 Å². The van der Waals surface area contributed by atoms with Crippen LogP contribution < -0.4 is 0 Å². The average molecular weight is 396 g/mol. The van der Waals surface area contributed by atoms with Crippen LogP contribution in [0.15, 0.2) is 67.0 Å². The summed E-state index contributed by atoms with van der Waals surface area (Å²) in [6.07, 6.45) is 6.43. The zero-order valence-corrected chi connectivity index (χ0v) is 17.0. The first-order chi connectivity index (χ1) is 14.7. The Morgan fingerprint density at radius 3 is 2.50 bits per heavy atom. The Morgan fingerprint density at radius 2 is 1.80 bits per heavy atom. The molecule has 3 saturated heterocycles. The normalized spacial score (nSPS) is 24.8. The Kier molecular flexibility index (Phi) is 5.08. The number of rotatable bonds is 3. The molecule has 4 nitrogen and oxygen atoms in total. The van der Waals surface area contributed by atoms with E-state index in [1.54, 1.807) is 6.20 Å². The molecule has 3 aliphatic heterocycles. The fourth-order valence-corrected chi connectivity index (χ4v) is 4.58. The lowest BCUT2D eigenvalue weighted by Crippen LogP contribution is -2.58. The summed E-state index contributed by atoms with van der Waals surface area (Å²) in [4.78, 5) is 11.4. The Balaban J connectivity index is 1.51. The summed E-state index contributed by atoms with van der Waals surface area (Å²) in [6.45, 7) is 2.81. The van der Waals surface area contributed by atoms with Gasteiger partial charge in [-0.25, -0.2) is 0 Å². The van der Waals surface area contributed by atoms with Crippen LogP contribution in [0.25, 0.3) is 11.4 Å². The summed E-state index contributed by atoms with van der Waals surface area (Å²) in [5.74, 6) is 6.81. The number of hydrogen-bond donors (Lipinski definition) is 1. The van der Waals surface area contributed by atoms with Gasteiger partial charge in [-0.15, -0.1) is 0 Å². The van der Waals surface area contributed by atoms with E-state index in [9.17, 15) is 5.11 Å². The van der Waals surface area contributed by atoms with Gasteiger partial charge in [0.25, 0.3) is 0 Å². The van der Waals surface area contributed by atoms with Crippen molar-refractivity contribution in [3.8, 4) is 23.2 Å². The predicted octanol–water partition coefficient (Wildman–Crippen LogP) is 3.54. The molecule has 30 heavy (non-hydrogen) atoms. The number of benzene rings is 1. The molecule has 0 spiro atoms. The predicted molar refractivity (Wildman–Crippen MR) is 118 cm³/mol. The van der Waals surface area contributed by atoms with Crippen molar-refractivity contribution in [3.63, 3.8) is 0 Å². The number of piperidine rings is 3. The lowest BCUT2D eigenvalue weighted by molar-refractivity contribution is -0.0713. The van der Waals surface area contributed by atoms with Gasteiger partial charge in [-0.2, -0.15) is 0 Å². The van der Waals surface area contributed by atoms with Gasteiger partial charge in [0.05, 0.1) is 11.4 Å². The van der Waals surface area contributed by atoms with E-state index in [2.05, 4.69) is 57.0 Å². The molecule has 0 amide bonds. The highest BCUT2D eigenvalue weighted by Gasteiger charge is 2.44. The molecule has 150 valence electrons. The molecule has 4 heteroatoms. The standard InChI is InChI=1S/C26H25N3O/c30-26(19-29-14-10-23(26)11-15-29)12-9-21-18-28-25(24-8-4-5-13-27-24)17-22(21)16-20-6-2-1-3-7-20/h1-8,13,17-18,23,30H,10-11,14-16,19H2. The first-order valence-corrected chi connectivity index (χ1v) is 10.6. The molecule has 3 fully saturated rings. The quantitative estimate of drug-likeness (QED) is 0.689. The van der Waals surface area contributed by atoms with Gasteiger partial charge >= 0.3 is 0 Å². The van der Waals surface area contributed by atoms with Crippen molar-refractivity contribution >= 4 is 0 Å². The molecule has 2 bridgehead atoms. The number of aromatic nitrogens is 2. The van der Waals surface area contributed by atoms with Crippen LogP contribution in [-0.2, 0) is 6.42 Å².